The lowest BCUT2D eigenvalue weighted by Crippen LogP contribution is -2.42. The Labute approximate surface area is 87.0 Å². The number of fused-ring (bicyclic) bond motifs is 1. The van der Waals surface area contributed by atoms with Crippen molar-refractivity contribution in [2.75, 3.05) is 14.2 Å². The summed E-state index contributed by atoms with van der Waals surface area (Å²) >= 11 is 0. The van der Waals surface area contributed by atoms with Crippen LogP contribution in [0.25, 0.3) is 0 Å². The van der Waals surface area contributed by atoms with Gasteiger partial charge in [-0.15, -0.1) is 0 Å². The highest BCUT2D eigenvalue weighted by molar-refractivity contribution is 4.89. The van der Waals surface area contributed by atoms with Crippen LogP contribution in [0.1, 0.15) is 38.5 Å². The number of rotatable bonds is 2. The van der Waals surface area contributed by atoms with E-state index in [-0.39, 0.29) is 0 Å². The molecule has 0 unspecified atom stereocenters. The van der Waals surface area contributed by atoms with Crippen molar-refractivity contribution in [2.24, 2.45) is 11.8 Å². The number of hydrogen-bond donors (Lipinski definition) is 0. The summed E-state index contributed by atoms with van der Waals surface area (Å²) < 4.78 is 11.0. The molecule has 0 radical (unpaired) electrons. The summed E-state index contributed by atoms with van der Waals surface area (Å²) in [6.45, 7) is 0. The maximum Gasteiger partial charge on any atom is 0.0835 e. The molecule has 0 aromatic heterocycles. The highest BCUT2D eigenvalue weighted by Gasteiger charge is 2.38. The van der Waals surface area contributed by atoms with Gasteiger partial charge in [0.05, 0.1) is 12.2 Å². The number of methoxy groups -OCH3 is 2. The van der Waals surface area contributed by atoms with Gasteiger partial charge in [0.15, 0.2) is 0 Å². The van der Waals surface area contributed by atoms with Crippen molar-refractivity contribution < 1.29 is 9.47 Å². The zero-order valence-electron chi connectivity index (χ0n) is 9.37. The molecule has 82 valence electrons. The lowest BCUT2D eigenvalue weighted by molar-refractivity contribution is -0.0934. The topological polar surface area (TPSA) is 18.5 Å². The highest BCUT2D eigenvalue weighted by atomic mass is 16.5. The van der Waals surface area contributed by atoms with Crippen LogP contribution in [0, 0.1) is 11.8 Å². The van der Waals surface area contributed by atoms with E-state index in [1.165, 1.54) is 38.5 Å². The van der Waals surface area contributed by atoms with Crippen molar-refractivity contribution in [2.45, 2.75) is 50.7 Å². The van der Waals surface area contributed by atoms with E-state index in [9.17, 15) is 0 Å². The summed E-state index contributed by atoms with van der Waals surface area (Å²) in [4.78, 5) is 0. The molecule has 2 aliphatic carbocycles. The molecule has 0 amide bonds. The minimum atomic E-state index is 0.347. The molecule has 0 bridgehead atoms. The smallest absolute Gasteiger partial charge is 0.0835 e. The SMILES string of the molecule is CO[C@@H]1C[C@@H]2CCCC[C@H]2C[C@H]1OC. The van der Waals surface area contributed by atoms with E-state index >= 15 is 0 Å². The van der Waals surface area contributed by atoms with Crippen molar-refractivity contribution >= 4 is 0 Å². The summed E-state index contributed by atoms with van der Waals surface area (Å²) in [6, 6.07) is 0. The molecule has 14 heavy (non-hydrogen) atoms. The predicted molar refractivity (Wildman–Crippen MR) is 56.3 cm³/mol. The third-order valence-electron chi connectivity index (χ3n) is 4.16. The average molecular weight is 198 g/mol. The van der Waals surface area contributed by atoms with E-state index in [4.69, 9.17) is 9.47 Å². The fourth-order valence-corrected chi connectivity index (χ4v) is 3.30. The standard InChI is InChI=1S/C12H22O2/c1-13-11-7-9-5-3-4-6-10(9)8-12(11)14-2/h9-12H,3-8H2,1-2H3/t9-,10-,11+,12+/m0/s1. The van der Waals surface area contributed by atoms with Gasteiger partial charge in [-0.25, -0.2) is 0 Å². The molecule has 0 aliphatic heterocycles. The second kappa shape index (κ2) is 4.63. The first kappa shape index (κ1) is 10.4. The normalized spacial score (nSPS) is 43.3. The fraction of sp³-hybridized carbons (Fsp3) is 1.00. The van der Waals surface area contributed by atoms with Crippen molar-refractivity contribution in [3.05, 3.63) is 0 Å². The Bertz CT molecular complexity index is 157. The van der Waals surface area contributed by atoms with Crippen LogP contribution in [-0.2, 0) is 9.47 Å². The van der Waals surface area contributed by atoms with Gasteiger partial charge < -0.3 is 9.47 Å². The third-order valence-corrected chi connectivity index (χ3v) is 4.16. The van der Waals surface area contributed by atoms with Gasteiger partial charge in [-0.05, 0) is 24.7 Å². The molecule has 2 saturated carbocycles. The zero-order chi connectivity index (χ0) is 9.97. The first-order valence-electron chi connectivity index (χ1n) is 5.90. The molecule has 4 atom stereocenters. The van der Waals surface area contributed by atoms with Gasteiger partial charge in [-0.1, -0.05) is 25.7 Å². The van der Waals surface area contributed by atoms with Gasteiger partial charge in [0.25, 0.3) is 0 Å². The van der Waals surface area contributed by atoms with Gasteiger partial charge >= 0.3 is 0 Å². The second-order valence-electron chi connectivity index (χ2n) is 4.82. The minimum absolute atomic E-state index is 0.347. The predicted octanol–water partition coefficient (Wildman–Crippen LogP) is 2.62. The lowest BCUT2D eigenvalue weighted by atomic mass is 9.69. The lowest BCUT2D eigenvalue weighted by Gasteiger charge is -2.42. The van der Waals surface area contributed by atoms with E-state index in [1.807, 2.05) is 14.2 Å². The number of hydrogen-bond acceptors (Lipinski definition) is 2. The van der Waals surface area contributed by atoms with E-state index in [1.54, 1.807) is 0 Å². The molecule has 0 aromatic carbocycles. The first-order valence-corrected chi connectivity index (χ1v) is 5.90. The van der Waals surface area contributed by atoms with Crippen LogP contribution in [0.2, 0.25) is 0 Å². The maximum atomic E-state index is 5.52. The Hall–Kier alpha value is -0.0800. The van der Waals surface area contributed by atoms with Gasteiger partial charge in [-0.2, -0.15) is 0 Å². The van der Waals surface area contributed by atoms with Crippen LogP contribution < -0.4 is 0 Å². The molecule has 0 saturated heterocycles. The average Bonchev–Trinajstić information content (AvgIpc) is 2.27. The minimum Gasteiger partial charge on any atom is -0.379 e. The van der Waals surface area contributed by atoms with Crippen LogP contribution in [0.4, 0.5) is 0 Å². The van der Waals surface area contributed by atoms with Crippen LogP contribution >= 0.6 is 0 Å². The summed E-state index contributed by atoms with van der Waals surface area (Å²) in [7, 11) is 3.64. The van der Waals surface area contributed by atoms with Gasteiger partial charge in [0, 0.05) is 14.2 Å². The molecular weight excluding hydrogens is 176 g/mol. The molecule has 0 N–H and O–H groups in total. The van der Waals surface area contributed by atoms with E-state index in [0.717, 1.165) is 11.8 Å². The van der Waals surface area contributed by atoms with Gasteiger partial charge in [-0.3, -0.25) is 0 Å². The first-order chi connectivity index (χ1) is 6.85. The summed E-state index contributed by atoms with van der Waals surface area (Å²) in [6.07, 6.45) is 8.82. The zero-order valence-corrected chi connectivity index (χ0v) is 9.37. The summed E-state index contributed by atoms with van der Waals surface area (Å²) in [5, 5.41) is 0. The Balaban J connectivity index is 1.98. The molecule has 0 spiro atoms. The quantitative estimate of drug-likeness (QED) is 0.679. The third kappa shape index (κ3) is 1.96. The Morgan fingerprint density at radius 2 is 1.21 bits per heavy atom. The second-order valence-corrected chi connectivity index (χ2v) is 4.82. The molecule has 2 heteroatoms. The molecular formula is C12H22O2. The summed E-state index contributed by atoms with van der Waals surface area (Å²) in [5.41, 5.74) is 0. The Morgan fingerprint density at radius 3 is 1.57 bits per heavy atom. The molecule has 0 aromatic rings. The van der Waals surface area contributed by atoms with Gasteiger partial charge in [0.1, 0.15) is 0 Å². The Kier molecular flexibility index (Phi) is 3.45. The monoisotopic (exact) mass is 198 g/mol. The molecule has 2 aliphatic rings. The van der Waals surface area contributed by atoms with Crippen LogP contribution in [-0.4, -0.2) is 26.4 Å². The molecule has 2 nitrogen and oxygen atoms in total. The van der Waals surface area contributed by atoms with E-state index < -0.39 is 0 Å². The highest BCUT2D eigenvalue weighted by Crippen LogP contribution is 2.41. The summed E-state index contributed by atoms with van der Waals surface area (Å²) in [5.74, 6) is 1.83. The van der Waals surface area contributed by atoms with E-state index in [2.05, 4.69) is 0 Å². The van der Waals surface area contributed by atoms with E-state index in [0.29, 0.717) is 12.2 Å². The van der Waals surface area contributed by atoms with Crippen molar-refractivity contribution in [1.29, 1.82) is 0 Å². The molecule has 2 rings (SSSR count). The fourth-order valence-electron chi connectivity index (χ4n) is 3.30. The van der Waals surface area contributed by atoms with Crippen LogP contribution in [0.5, 0.6) is 0 Å². The van der Waals surface area contributed by atoms with Crippen LogP contribution in [0.3, 0.4) is 0 Å². The molecule has 2 fully saturated rings. The maximum absolute atomic E-state index is 5.52. The van der Waals surface area contributed by atoms with Crippen LogP contribution in [0.15, 0.2) is 0 Å². The number of ether oxygens (including phenoxy) is 2. The van der Waals surface area contributed by atoms with Gasteiger partial charge in [0.2, 0.25) is 0 Å². The van der Waals surface area contributed by atoms with Crippen molar-refractivity contribution in [3.8, 4) is 0 Å². The largest absolute Gasteiger partial charge is 0.379 e. The van der Waals surface area contributed by atoms with Crippen molar-refractivity contribution in [3.63, 3.8) is 0 Å². The Morgan fingerprint density at radius 1 is 0.786 bits per heavy atom. The van der Waals surface area contributed by atoms with Crippen molar-refractivity contribution in [1.82, 2.24) is 0 Å². The molecule has 0 heterocycles.